The molecule has 1 rings (SSSR count). The fourth-order valence-corrected chi connectivity index (χ4v) is 2.15. The number of benzene rings is 1. The molecule has 3 N–H and O–H groups in total. The summed E-state index contributed by atoms with van der Waals surface area (Å²) in [6, 6.07) is 9.03. The molecule has 0 aliphatic heterocycles. The molecule has 0 aliphatic rings. The summed E-state index contributed by atoms with van der Waals surface area (Å²) in [5.41, 5.74) is 0.915. The SMILES string of the molecule is CCC(CC)NC(=O)NC(CCC(=O)O)c1ccccc1. The van der Waals surface area contributed by atoms with Gasteiger partial charge in [-0.15, -0.1) is 0 Å². The highest BCUT2D eigenvalue weighted by Gasteiger charge is 2.17. The second-order valence-corrected chi connectivity index (χ2v) is 5.03. The van der Waals surface area contributed by atoms with Gasteiger partial charge in [-0.25, -0.2) is 4.79 Å². The molecule has 21 heavy (non-hydrogen) atoms. The van der Waals surface area contributed by atoms with E-state index in [-0.39, 0.29) is 24.5 Å². The number of nitrogens with one attached hydrogen (secondary N) is 2. The molecule has 0 aromatic heterocycles. The van der Waals surface area contributed by atoms with E-state index in [1.165, 1.54) is 0 Å². The fourth-order valence-electron chi connectivity index (χ4n) is 2.15. The molecule has 0 radical (unpaired) electrons. The van der Waals surface area contributed by atoms with Gasteiger partial charge in [0.25, 0.3) is 0 Å². The van der Waals surface area contributed by atoms with Gasteiger partial charge in [0, 0.05) is 12.5 Å². The predicted molar refractivity (Wildman–Crippen MR) is 82.1 cm³/mol. The van der Waals surface area contributed by atoms with E-state index in [1.54, 1.807) is 0 Å². The number of urea groups is 1. The Morgan fingerprint density at radius 2 is 1.71 bits per heavy atom. The first-order valence-corrected chi connectivity index (χ1v) is 7.40. The second kappa shape index (κ2) is 9.00. The van der Waals surface area contributed by atoms with Crippen LogP contribution >= 0.6 is 0 Å². The molecule has 2 amide bonds. The van der Waals surface area contributed by atoms with Gasteiger partial charge >= 0.3 is 12.0 Å². The maximum Gasteiger partial charge on any atom is 0.315 e. The summed E-state index contributed by atoms with van der Waals surface area (Å²) in [7, 11) is 0. The number of carbonyl (C=O) groups excluding carboxylic acids is 1. The molecule has 0 heterocycles. The minimum absolute atomic E-state index is 0.0187. The number of hydrogen-bond acceptors (Lipinski definition) is 2. The van der Waals surface area contributed by atoms with Gasteiger partial charge in [-0.05, 0) is 24.8 Å². The third kappa shape index (κ3) is 6.29. The summed E-state index contributed by atoms with van der Waals surface area (Å²) in [5.74, 6) is -0.863. The molecule has 1 atom stereocenters. The van der Waals surface area contributed by atoms with E-state index in [9.17, 15) is 9.59 Å². The third-order valence-electron chi connectivity index (χ3n) is 3.47. The monoisotopic (exact) mass is 292 g/mol. The van der Waals surface area contributed by atoms with E-state index in [0.29, 0.717) is 6.42 Å². The Morgan fingerprint density at radius 1 is 1.10 bits per heavy atom. The van der Waals surface area contributed by atoms with Crippen molar-refractivity contribution in [3.05, 3.63) is 35.9 Å². The topological polar surface area (TPSA) is 78.4 Å². The van der Waals surface area contributed by atoms with Crippen molar-refractivity contribution in [2.24, 2.45) is 0 Å². The van der Waals surface area contributed by atoms with Crippen molar-refractivity contribution in [2.75, 3.05) is 0 Å². The Kier molecular flexibility index (Phi) is 7.29. The number of amides is 2. The van der Waals surface area contributed by atoms with Crippen LogP contribution in [0.15, 0.2) is 30.3 Å². The number of rotatable bonds is 8. The standard InChI is InChI=1S/C16H24N2O3/c1-3-13(4-2)17-16(21)18-14(10-11-15(19)20)12-8-6-5-7-9-12/h5-9,13-14H,3-4,10-11H2,1-2H3,(H,19,20)(H2,17,18,21). The molecule has 5 nitrogen and oxygen atoms in total. The minimum Gasteiger partial charge on any atom is -0.481 e. The van der Waals surface area contributed by atoms with Gasteiger partial charge in [0.2, 0.25) is 0 Å². The van der Waals surface area contributed by atoms with E-state index >= 15 is 0 Å². The largest absolute Gasteiger partial charge is 0.481 e. The lowest BCUT2D eigenvalue weighted by Crippen LogP contribution is -2.43. The van der Waals surface area contributed by atoms with Crippen LogP contribution in [0.2, 0.25) is 0 Å². The average Bonchev–Trinajstić information content (AvgIpc) is 2.49. The van der Waals surface area contributed by atoms with E-state index < -0.39 is 5.97 Å². The Balaban J connectivity index is 2.68. The van der Waals surface area contributed by atoms with Crippen LogP contribution in [-0.4, -0.2) is 23.1 Å². The zero-order valence-corrected chi connectivity index (χ0v) is 12.6. The first kappa shape index (κ1) is 17.0. The van der Waals surface area contributed by atoms with Crippen molar-refractivity contribution in [3.8, 4) is 0 Å². The van der Waals surface area contributed by atoms with Gasteiger partial charge in [-0.3, -0.25) is 4.79 Å². The summed E-state index contributed by atoms with van der Waals surface area (Å²) in [6.07, 6.45) is 2.13. The summed E-state index contributed by atoms with van der Waals surface area (Å²) in [6.45, 7) is 4.04. The van der Waals surface area contributed by atoms with Gasteiger partial charge in [-0.1, -0.05) is 44.2 Å². The van der Waals surface area contributed by atoms with Gasteiger partial charge in [0.1, 0.15) is 0 Å². The van der Waals surface area contributed by atoms with Crippen molar-refractivity contribution in [1.82, 2.24) is 10.6 Å². The number of hydrogen-bond donors (Lipinski definition) is 3. The molecule has 1 aromatic carbocycles. The normalized spacial score (nSPS) is 12.0. The van der Waals surface area contributed by atoms with Gasteiger partial charge < -0.3 is 15.7 Å². The van der Waals surface area contributed by atoms with Crippen molar-refractivity contribution < 1.29 is 14.7 Å². The second-order valence-electron chi connectivity index (χ2n) is 5.03. The van der Waals surface area contributed by atoms with E-state index in [2.05, 4.69) is 10.6 Å². The molecule has 0 fully saturated rings. The number of aliphatic carboxylic acids is 1. The van der Waals surface area contributed by atoms with Gasteiger partial charge in [-0.2, -0.15) is 0 Å². The van der Waals surface area contributed by atoms with Crippen molar-refractivity contribution in [1.29, 1.82) is 0 Å². The Morgan fingerprint density at radius 3 is 2.24 bits per heavy atom. The van der Waals surface area contributed by atoms with E-state index in [4.69, 9.17) is 5.11 Å². The van der Waals surface area contributed by atoms with Crippen LogP contribution in [0.3, 0.4) is 0 Å². The third-order valence-corrected chi connectivity index (χ3v) is 3.47. The van der Waals surface area contributed by atoms with E-state index in [1.807, 2.05) is 44.2 Å². The highest BCUT2D eigenvalue weighted by Crippen LogP contribution is 2.18. The van der Waals surface area contributed by atoms with Crippen LogP contribution in [0.1, 0.15) is 51.1 Å². The Bertz CT molecular complexity index is 444. The van der Waals surface area contributed by atoms with Crippen LogP contribution in [0.4, 0.5) is 4.79 Å². The van der Waals surface area contributed by atoms with Crippen molar-refractivity contribution in [2.45, 2.75) is 51.6 Å². The number of carboxylic acid groups (broad SMARTS) is 1. The molecule has 5 heteroatoms. The molecule has 1 aromatic rings. The lowest BCUT2D eigenvalue weighted by molar-refractivity contribution is -0.137. The first-order chi connectivity index (χ1) is 10.1. The molecule has 0 bridgehead atoms. The molecule has 116 valence electrons. The molecule has 0 aliphatic carbocycles. The highest BCUT2D eigenvalue weighted by atomic mass is 16.4. The first-order valence-electron chi connectivity index (χ1n) is 7.40. The number of carbonyl (C=O) groups is 2. The number of carboxylic acids is 1. The summed E-state index contributed by atoms with van der Waals surface area (Å²) in [4.78, 5) is 22.8. The van der Waals surface area contributed by atoms with Crippen LogP contribution < -0.4 is 10.6 Å². The smallest absolute Gasteiger partial charge is 0.315 e. The molecular formula is C16H24N2O3. The Hall–Kier alpha value is -2.04. The van der Waals surface area contributed by atoms with Gasteiger partial charge in [0.05, 0.1) is 6.04 Å². The minimum atomic E-state index is -0.863. The van der Waals surface area contributed by atoms with Crippen molar-refractivity contribution >= 4 is 12.0 Å². The Labute approximate surface area is 125 Å². The quantitative estimate of drug-likeness (QED) is 0.689. The zero-order chi connectivity index (χ0) is 15.7. The molecule has 0 spiro atoms. The highest BCUT2D eigenvalue weighted by molar-refractivity contribution is 5.75. The summed E-state index contributed by atoms with van der Waals surface area (Å²) in [5, 5.41) is 14.6. The summed E-state index contributed by atoms with van der Waals surface area (Å²) >= 11 is 0. The van der Waals surface area contributed by atoms with Crippen LogP contribution in [0.25, 0.3) is 0 Å². The maximum atomic E-state index is 12.0. The molecule has 0 saturated carbocycles. The molecule has 0 saturated heterocycles. The molecular weight excluding hydrogens is 268 g/mol. The zero-order valence-electron chi connectivity index (χ0n) is 12.6. The van der Waals surface area contributed by atoms with Crippen LogP contribution in [-0.2, 0) is 4.79 Å². The lowest BCUT2D eigenvalue weighted by atomic mass is 10.0. The van der Waals surface area contributed by atoms with E-state index in [0.717, 1.165) is 18.4 Å². The predicted octanol–water partition coefficient (Wildman–Crippen LogP) is 3.08. The fraction of sp³-hybridized carbons (Fsp3) is 0.500. The van der Waals surface area contributed by atoms with Crippen LogP contribution in [0, 0.1) is 0 Å². The molecule has 1 unspecified atom stereocenters. The lowest BCUT2D eigenvalue weighted by Gasteiger charge is -2.21. The maximum absolute atomic E-state index is 12.0. The van der Waals surface area contributed by atoms with Crippen LogP contribution in [0.5, 0.6) is 0 Å². The average molecular weight is 292 g/mol. The summed E-state index contributed by atoms with van der Waals surface area (Å²) < 4.78 is 0. The van der Waals surface area contributed by atoms with Gasteiger partial charge in [0.15, 0.2) is 0 Å². The van der Waals surface area contributed by atoms with Crippen molar-refractivity contribution in [3.63, 3.8) is 0 Å².